The zero-order valence-electron chi connectivity index (χ0n) is 18.6. The Bertz CT molecular complexity index is 450. The maximum atomic E-state index is 3.37. The van der Waals surface area contributed by atoms with Crippen molar-refractivity contribution >= 4 is 6.08 Å². The quantitative estimate of drug-likeness (QED) is 0.644. The van der Waals surface area contributed by atoms with Gasteiger partial charge in [0, 0.05) is 7.05 Å². The molecule has 0 aliphatic carbocycles. The molecule has 1 saturated heterocycles. The van der Waals surface area contributed by atoms with Crippen molar-refractivity contribution in [3.05, 3.63) is 53.7 Å². The van der Waals surface area contributed by atoms with E-state index in [0.29, 0.717) is 0 Å². The predicted octanol–water partition coefficient (Wildman–Crippen LogP) is 6.68. The Morgan fingerprint density at radius 3 is 2.08 bits per heavy atom. The van der Waals surface area contributed by atoms with Crippen molar-refractivity contribution in [2.45, 2.75) is 67.2 Å². The number of benzene rings is 1. The minimum absolute atomic E-state index is 1.32. The van der Waals surface area contributed by atoms with Gasteiger partial charge in [0.25, 0.3) is 0 Å². The summed E-state index contributed by atoms with van der Waals surface area (Å²) in [5.41, 5.74) is 4.01. The lowest BCUT2D eigenvalue weighted by Gasteiger charge is -2.25. The van der Waals surface area contributed by atoms with E-state index in [1.807, 2.05) is 20.9 Å². The van der Waals surface area contributed by atoms with Gasteiger partial charge in [0.1, 0.15) is 0 Å². The number of aryl methyl sites for hydroxylation is 1. The number of rotatable bonds is 4. The minimum Gasteiger partial charge on any atom is -0.394 e. The first-order chi connectivity index (χ1) is 12.5. The zero-order chi connectivity index (χ0) is 20.2. The Morgan fingerprint density at radius 2 is 1.65 bits per heavy atom. The topological polar surface area (TPSA) is 15.3 Å². The van der Waals surface area contributed by atoms with Crippen LogP contribution >= 0.6 is 0 Å². The second-order valence-corrected chi connectivity index (χ2v) is 6.47. The molecule has 0 saturated carbocycles. The molecule has 0 radical (unpaired) electrons. The second-order valence-electron chi connectivity index (χ2n) is 6.47. The summed E-state index contributed by atoms with van der Waals surface area (Å²) in [6.07, 6.45) is 9.47. The van der Waals surface area contributed by atoms with Crippen LogP contribution in [-0.2, 0) is 0 Å². The number of nitrogens with one attached hydrogen (secondary N) is 1. The molecule has 150 valence electrons. The third kappa shape index (κ3) is 16.0. The first-order valence-corrected chi connectivity index (χ1v) is 10.3. The predicted molar refractivity (Wildman–Crippen MR) is 122 cm³/mol. The summed E-state index contributed by atoms with van der Waals surface area (Å²) < 4.78 is 0. The van der Waals surface area contributed by atoms with Gasteiger partial charge in [-0.25, -0.2) is 0 Å². The van der Waals surface area contributed by atoms with Crippen molar-refractivity contribution in [3.8, 4) is 0 Å². The molecule has 2 nitrogen and oxygen atoms in total. The molecule has 0 atom stereocenters. The molecule has 0 spiro atoms. The molecule has 0 aromatic heterocycles. The van der Waals surface area contributed by atoms with Crippen LogP contribution < -0.4 is 5.32 Å². The van der Waals surface area contributed by atoms with Gasteiger partial charge in [-0.05, 0) is 77.0 Å². The van der Waals surface area contributed by atoms with E-state index in [1.54, 1.807) is 6.20 Å². The molecule has 1 aliphatic rings. The number of piperidine rings is 1. The van der Waals surface area contributed by atoms with Gasteiger partial charge in [0.05, 0.1) is 0 Å². The monoisotopic (exact) mass is 360 g/mol. The first-order valence-electron chi connectivity index (χ1n) is 10.3. The molecule has 1 fully saturated rings. The lowest BCUT2D eigenvalue weighted by atomic mass is 10.1. The number of nitrogens with zero attached hydrogens (tertiary/aromatic N) is 1. The molecule has 0 amide bonds. The Kier molecular flexibility index (Phi) is 20.3. The van der Waals surface area contributed by atoms with Gasteiger partial charge in [-0.1, -0.05) is 69.7 Å². The summed E-state index contributed by atoms with van der Waals surface area (Å²) in [5, 5.41) is 2.69. The summed E-state index contributed by atoms with van der Waals surface area (Å²) in [4.78, 5) is 2.57. The van der Waals surface area contributed by atoms with Crippen LogP contribution in [0.4, 0.5) is 0 Å². The van der Waals surface area contributed by atoms with E-state index in [4.69, 9.17) is 0 Å². The highest BCUT2D eigenvalue weighted by molar-refractivity contribution is 5.55. The molecular formula is C24H44N2. The van der Waals surface area contributed by atoms with Crippen LogP contribution in [0.5, 0.6) is 0 Å². The minimum atomic E-state index is 1.32. The summed E-state index contributed by atoms with van der Waals surface area (Å²) in [6.45, 7) is 20.0. The zero-order valence-corrected chi connectivity index (χ0v) is 18.6. The van der Waals surface area contributed by atoms with Gasteiger partial charge < -0.3 is 10.2 Å². The SMILES string of the molecule is C=CNC.CC.CC(C)=Cc1ccccc1C.CCCN1CCCCC1. The third-order valence-corrected chi connectivity index (χ3v) is 3.83. The van der Waals surface area contributed by atoms with E-state index in [2.05, 4.69) is 74.8 Å². The summed E-state index contributed by atoms with van der Waals surface area (Å²) in [6, 6.07) is 8.41. The molecule has 2 heteroatoms. The summed E-state index contributed by atoms with van der Waals surface area (Å²) >= 11 is 0. The number of likely N-dealkylation sites (tertiary alicyclic amines) is 1. The average Bonchev–Trinajstić information content (AvgIpc) is 2.67. The van der Waals surface area contributed by atoms with Crippen molar-refractivity contribution in [1.29, 1.82) is 0 Å². The molecule has 1 aliphatic heterocycles. The second kappa shape index (κ2) is 19.8. The van der Waals surface area contributed by atoms with E-state index in [-0.39, 0.29) is 0 Å². The van der Waals surface area contributed by atoms with Gasteiger partial charge in [-0.15, -0.1) is 0 Å². The number of allylic oxidation sites excluding steroid dienone is 1. The number of hydrogen-bond donors (Lipinski definition) is 1. The number of hydrogen-bond acceptors (Lipinski definition) is 2. The van der Waals surface area contributed by atoms with E-state index < -0.39 is 0 Å². The molecule has 26 heavy (non-hydrogen) atoms. The smallest absolute Gasteiger partial charge is 0.00275 e. The van der Waals surface area contributed by atoms with Crippen LogP contribution in [0.3, 0.4) is 0 Å². The van der Waals surface area contributed by atoms with Crippen LogP contribution in [0, 0.1) is 6.92 Å². The largest absolute Gasteiger partial charge is 0.394 e. The average molecular weight is 361 g/mol. The van der Waals surface area contributed by atoms with Gasteiger partial charge >= 0.3 is 0 Å². The lowest BCUT2D eigenvalue weighted by Crippen LogP contribution is -2.30. The Morgan fingerprint density at radius 1 is 1.12 bits per heavy atom. The van der Waals surface area contributed by atoms with Crippen LogP contribution in [0.1, 0.15) is 71.4 Å². The van der Waals surface area contributed by atoms with E-state index >= 15 is 0 Å². The van der Waals surface area contributed by atoms with Crippen LogP contribution in [0.15, 0.2) is 42.6 Å². The maximum absolute atomic E-state index is 3.37. The van der Waals surface area contributed by atoms with E-state index in [0.717, 1.165) is 0 Å². The highest BCUT2D eigenvalue weighted by Crippen LogP contribution is 2.11. The standard InChI is InChI=1S/C11H14.C8H17N.C3H7N.C2H6/c1-9(2)8-11-7-5-4-6-10(11)3;1-2-6-9-7-4-3-5-8-9;1-3-4-2;1-2/h4-8H,1-3H3;2-8H2,1H3;3-4H,1H2,2H3;1-2H3. The summed E-state index contributed by atoms with van der Waals surface area (Å²) in [5.74, 6) is 0. The van der Waals surface area contributed by atoms with Crippen molar-refractivity contribution in [2.75, 3.05) is 26.7 Å². The van der Waals surface area contributed by atoms with Gasteiger partial charge in [-0.3, -0.25) is 0 Å². The van der Waals surface area contributed by atoms with Crippen molar-refractivity contribution < 1.29 is 0 Å². The third-order valence-electron chi connectivity index (χ3n) is 3.83. The van der Waals surface area contributed by atoms with Crippen molar-refractivity contribution in [1.82, 2.24) is 10.2 Å². The Hall–Kier alpha value is -1.54. The lowest BCUT2D eigenvalue weighted by molar-refractivity contribution is 0.229. The highest BCUT2D eigenvalue weighted by Gasteiger charge is 2.07. The molecule has 0 bridgehead atoms. The van der Waals surface area contributed by atoms with Crippen LogP contribution in [0.2, 0.25) is 0 Å². The molecule has 1 N–H and O–H groups in total. The molecule has 1 heterocycles. The maximum Gasteiger partial charge on any atom is 0.00275 e. The fraction of sp³-hybridized carbons (Fsp3) is 0.583. The normalized spacial score (nSPS) is 12.7. The molecule has 1 aromatic rings. The van der Waals surface area contributed by atoms with Crippen molar-refractivity contribution in [3.63, 3.8) is 0 Å². The summed E-state index contributed by atoms with van der Waals surface area (Å²) in [7, 11) is 1.81. The fourth-order valence-electron chi connectivity index (χ4n) is 2.56. The van der Waals surface area contributed by atoms with Crippen LogP contribution in [0.25, 0.3) is 6.08 Å². The Labute approximate surface area is 164 Å². The van der Waals surface area contributed by atoms with E-state index in [9.17, 15) is 0 Å². The molecule has 2 rings (SSSR count). The molecular weight excluding hydrogens is 316 g/mol. The van der Waals surface area contributed by atoms with Gasteiger partial charge in [0.15, 0.2) is 0 Å². The van der Waals surface area contributed by atoms with Gasteiger partial charge in [0.2, 0.25) is 0 Å². The van der Waals surface area contributed by atoms with Gasteiger partial charge in [-0.2, -0.15) is 0 Å². The molecule has 0 unspecified atom stereocenters. The first kappa shape index (κ1) is 26.7. The highest BCUT2D eigenvalue weighted by atomic mass is 15.1. The fourth-order valence-corrected chi connectivity index (χ4v) is 2.56. The van der Waals surface area contributed by atoms with Crippen LogP contribution in [-0.4, -0.2) is 31.6 Å². The Balaban J connectivity index is 0. The van der Waals surface area contributed by atoms with Crippen molar-refractivity contribution in [2.24, 2.45) is 0 Å². The van der Waals surface area contributed by atoms with E-state index in [1.165, 1.54) is 62.0 Å². The molecule has 1 aromatic carbocycles.